The van der Waals surface area contributed by atoms with Crippen molar-refractivity contribution in [3.63, 3.8) is 0 Å². The third-order valence-corrected chi connectivity index (χ3v) is 4.55. The second kappa shape index (κ2) is 7.57. The average Bonchev–Trinajstić information content (AvgIpc) is 3.45. The summed E-state index contributed by atoms with van der Waals surface area (Å²) in [6.45, 7) is 1.79. The van der Waals surface area contributed by atoms with Gasteiger partial charge in [-0.05, 0) is 44.4 Å². The Balaban J connectivity index is 1.47. The van der Waals surface area contributed by atoms with Crippen LogP contribution in [0.4, 0.5) is 10.6 Å². The first kappa shape index (κ1) is 16.6. The maximum atomic E-state index is 12.0. The number of hydrogen-bond donors (Lipinski definition) is 3. The number of hydrogen-bond acceptors (Lipinski definition) is 5. The SMILES string of the molecule is CNC(=O)c1ccc(NC(=O)NCC2CCCCN2C2CC2)nn1. The van der Waals surface area contributed by atoms with E-state index in [1.54, 1.807) is 6.07 Å². The van der Waals surface area contributed by atoms with Gasteiger partial charge in [-0.2, -0.15) is 0 Å². The van der Waals surface area contributed by atoms with Crippen molar-refractivity contribution in [2.75, 3.05) is 25.5 Å². The van der Waals surface area contributed by atoms with Gasteiger partial charge in [0.15, 0.2) is 11.5 Å². The molecule has 0 spiro atoms. The molecule has 8 heteroatoms. The molecule has 1 aromatic rings. The molecule has 8 nitrogen and oxygen atoms in total. The zero-order chi connectivity index (χ0) is 16.9. The summed E-state index contributed by atoms with van der Waals surface area (Å²) in [6, 6.07) is 3.95. The van der Waals surface area contributed by atoms with Gasteiger partial charge in [0.1, 0.15) is 0 Å². The Kier molecular flexibility index (Phi) is 5.24. The quantitative estimate of drug-likeness (QED) is 0.746. The minimum atomic E-state index is -0.309. The summed E-state index contributed by atoms with van der Waals surface area (Å²) in [6.07, 6.45) is 6.19. The predicted octanol–water partition coefficient (Wildman–Crippen LogP) is 0.975. The molecule has 1 aromatic heterocycles. The highest BCUT2D eigenvalue weighted by Crippen LogP contribution is 2.32. The van der Waals surface area contributed by atoms with E-state index in [0.29, 0.717) is 18.4 Å². The van der Waals surface area contributed by atoms with E-state index in [2.05, 4.69) is 31.0 Å². The van der Waals surface area contributed by atoms with E-state index < -0.39 is 0 Å². The summed E-state index contributed by atoms with van der Waals surface area (Å²) in [4.78, 5) is 26.0. The van der Waals surface area contributed by atoms with Crippen LogP contribution in [0.5, 0.6) is 0 Å². The monoisotopic (exact) mass is 332 g/mol. The van der Waals surface area contributed by atoms with Gasteiger partial charge in [0.2, 0.25) is 0 Å². The summed E-state index contributed by atoms with van der Waals surface area (Å²) in [5.41, 5.74) is 0.214. The molecule has 0 aromatic carbocycles. The molecular weight excluding hydrogens is 308 g/mol. The smallest absolute Gasteiger partial charge is 0.320 e. The molecule has 24 heavy (non-hydrogen) atoms. The van der Waals surface area contributed by atoms with Crippen LogP contribution in [0, 0.1) is 0 Å². The van der Waals surface area contributed by atoms with Gasteiger partial charge in [0.25, 0.3) is 5.91 Å². The van der Waals surface area contributed by atoms with Crippen LogP contribution in [0.15, 0.2) is 12.1 Å². The van der Waals surface area contributed by atoms with Crippen molar-refractivity contribution >= 4 is 17.8 Å². The van der Waals surface area contributed by atoms with E-state index in [-0.39, 0.29) is 17.6 Å². The molecule has 1 aliphatic heterocycles. The third kappa shape index (κ3) is 4.19. The summed E-state index contributed by atoms with van der Waals surface area (Å²) >= 11 is 0. The molecule has 0 bridgehead atoms. The van der Waals surface area contributed by atoms with E-state index in [9.17, 15) is 9.59 Å². The van der Waals surface area contributed by atoms with E-state index >= 15 is 0 Å². The number of carbonyl (C=O) groups excluding carboxylic acids is 2. The fraction of sp³-hybridized carbons (Fsp3) is 0.625. The molecule has 2 aliphatic rings. The molecular formula is C16H24N6O2. The van der Waals surface area contributed by atoms with Gasteiger partial charge in [-0.1, -0.05) is 6.42 Å². The molecule has 1 unspecified atom stereocenters. The van der Waals surface area contributed by atoms with Crippen LogP contribution >= 0.6 is 0 Å². The van der Waals surface area contributed by atoms with Crippen LogP contribution < -0.4 is 16.0 Å². The maximum Gasteiger partial charge on any atom is 0.320 e. The van der Waals surface area contributed by atoms with E-state index in [1.807, 2.05) is 0 Å². The summed E-state index contributed by atoms with van der Waals surface area (Å²) in [7, 11) is 1.53. The lowest BCUT2D eigenvalue weighted by atomic mass is 10.0. The van der Waals surface area contributed by atoms with Gasteiger partial charge in [-0.25, -0.2) is 4.79 Å². The predicted molar refractivity (Wildman–Crippen MR) is 89.8 cm³/mol. The topological polar surface area (TPSA) is 99.2 Å². The van der Waals surface area contributed by atoms with Crippen LogP contribution in [-0.2, 0) is 0 Å². The number of nitrogens with one attached hydrogen (secondary N) is 3. The largest absolute Gasteiger partial charge is 0.354 e. The second-order valence-electron chi connectivity index (χ2n) is 6.34. The van der Waals surface area contributed by atoms with Gasteiger partial charge in [0.05, 0.1) is 0 Å². The van der Waals surface area contributed by atoms with Crippen molar-refractivity contribution in [1.29, 1.82) is 0 Å². The summed E-state index contributed by atoms with van der Waals surface area (Å²) in [5, 5.41) is 15.7. The van der Waals surface area contributed by atoms with Crippen LogP contribution in [-0.4, -0.2) is 59.3 Å². The molecule has 3 rings (SSSR count). The number of rotatable bonds is 5. The standard InChI is InChI=1S/C16H24N6O2/c1-17-15(23)13-7-8-14(21-20-13)19-16(24)18-10-12-4-2-3-9-22(12)11-5-6-11/h7-8,11-12H,2-6,9-10H2,1H3,(H,17,23)(H2,18,19,21,24). The lowest BCUT2D eigenvalue weighted by molar-refractivity contribution is 0.0957. The van der Waals surface area contributed by atoms with Gasteiger partial charge < -0.3 is 10.6 Å². The van der Waals surface area contributed by atoms with Crippen molar-refractivity contribution in [2.24, 2.45) is 0 Å². The van der Waals surface area contributed by atoms with Crippen LogP contribution in [0.2, 0.25) is 0 Å². The highest BCUT2D eigenvalue weighted by Gasteiger charge is 2.35. The number of urea groups is 1. The third-order valence-electron chi connectivity index (χ3n) is 4.55. The first-order chi connectivity index (χ1) is 11.7. The van der Waals surface area contributed by atoms with Crippen molar-refractivity contribution in [3.8, 4) is 0 Å². The number of carbonyl (C=O) groups is 2. The van der Waals surface area contributed by atoms with Crippen molar-refractivity contribution in [3.05, 3.63) is 17.8 Å². The summed E-state index contributed by atoms with van der Waals surface area (Å²) in [5.74, 6) is 0.0128. The van der Waals surface area contributed by atoms with Crippen molar-refractivity contribution in [2.45, 2.75) is 44.2 Å². The second-order valence-corrected chi connectivity index (χ2v) is 6.34. The molecule has 1 atom stereocenters. The number of anilines is 1. The maximum absolute atomic E-state index is 12.0. The van der Waals surface area contributed by atoms with Crippen molar-refractivity contribution < 1.29 is 9.59 Å². The van der Waals surface area contributed by atoms with E-state index in [4.69, 9.17) is 0 Å². The normalized spacial score (nSPS) is 21.1. The molecule has 2 fully saturated rings. The van der Waals surface area contributed by atoms with E-state index in [1.165, 1.54) is 38.8 Å². The fourth-order valence-electron chi connectivity index (χ4n) is 3.15. The molecule has 1 aliphatic carbocycles. The molecule has 3 amide bonds. The molecule has 2 heterocycles. The number of likely N-dealkylation sites (tertiary alicyclic amines) is 1. The van der Waals surface area contributed by atoms with Gasteiger partial charge in [-0.15, -0.1) is 10.2 Å². The first-order valence-corrected chi connectivity index (χ1v) is 8.54. The summed E-state index contributed by atoms with van der Waals surface area (Å²) < 4.78 is 0. The van der Waals surface area contributed by atoms with Gasteiger partial charge in [0, 0.05) is 25.7 Å². The van der Waals surface area contributed by atoms with E-state index in [0.717, 1.165) is 19.0 Å². The van der Waals surface area contributed by atoms with Crippen LogP contribution in [0.3, 0.4) is 0 Å². The Morgan fingerprint density at radius 3 is 2.71 bits per heavy atom. The van der Waals surface area contributed by atoms with Crippen molar-refractivity contribution in [1.82, 2.24) is 25.7 Å². The van der Waals surface area contributed by atoms with Crippen LogP contribution in [0.1, 0.15) is 42.6 Å². The molecule has 1 saturated heterocycles. The highest BCUT2D eigenvalue weighted by molar-refractivity contribution is 5.92. The highest BCUT2D eigenvalue weighted by atomic mass is 16.2. The molecule has 1 saturated carbocycles. The van der Waals surface area contributed by atoms with Gasteiger partial charge in [-0.3, -0.25) is 15.0 Å². The molecule has 3 N–H and O–H groups in total. The number of aromatic nitrogens is 2. The Bertz CT molecular complexity index is 587. The Morgan fingerprint density at radius 1 is 1.21 bits per heavy atom. The molecule has 130 valence electrons. The number of nitrogens with zero attached hydrogens (tertiary/aromatic N) is 3. The van der Waals surface area contributed by atoms with Gasteiger partial charge >= 0.3 is 6.03 Å². The lowest BCUT2D eigenvalue weighted by Crippen LogP contribution is -2.48. The fourth-order valence-corrected chi connectivity index (χ4v) is 3.15. The lowest BCUT2D eigenvalue weighted by Gasteiger charge is -2.35. The number of piperidine rings is 1. The Hall–Kier alpha value is -2.22. The Labute approximate surface area is 141 Å². The minimum absolute atomic E-state index is 0.214. The first-order valence-electron chi connectivity index (χ1n) is 8.54. The minimum Gasteiger partial charge on any atom is -0.354 e. The average molecular weight is 332 g/mol. The Morgan fingerprint density at radius 2 is 2.04 bits per heavy atom. The zero-order valence-electron chi connectivity index (χ0n) is 13.9. The number of amides is 3. The molecule has 0 radical (unpaired) electrons. The van der Waals surface area contributed by atoms with Crippen LogP contribution in [0.25, 0.3) is 0 Å². The zero-order valence-corrected chi connectivity index (χ0v) is 13.9.